The summed E-state index contributed by atoms with van der Waals surface area (Å²) in [6.45, 7) is 3.71. The van der Waals surface area contributed by atoms with Crippen molar-refractivity contribution in [3.8, 4) is 0 Å². The molecule has 2 aliphatic rings. The average Bonchev–Trinajstić information content (AvgIpc) is 3.15. The van der Waals surface area contributed by atoms with Crippen molar-refractivity contribution in [2.45, 2.75) is 44.3 Å². The highest BCUT2D eigenvalue weighted by Crippen LogP contribution is 2.34. The van der Waals surface area contributed by atoms with E-state index in [0.717, 1.165) is 22.3 Å². The maximum atomic E-state index is 12.6. The Morgan fingerprint density at radius 2 is 1.74 bits per heavy atom. The Hall–Kier alpha value is -4.03. The maximum Gasteiger partial charge on any atom is 0.351 e. The standard InChI is InChI=1S/C23H23N3O9/c1-12(2)13-3-5-14(6-4-13)22(29)32-11-15-19-20(35-18(28)8-7-17(27)34-19)21(33-15)26-10-9-16(25-31)24-23(26)30/h3-10,12,15,19-21,31H,11H2,1-2H3,(H,24,25,30)/b8-7-/t15?,19?,20-,21+/m0/s1. The van der Waals surface area contributed by atoms with E-state index in [0.29, 0.717) is 11.5 Å². The van der Waals surface area contributed by atoms with Gasteiger partial charge in [-0.3, -0.25) is 15.3 Å². The maximum absolute atomic E-state index is 12.6. The lowest BCUT2D eigenvalue weighted by atomic mass is 10.0. The molecule has 1 aromatic carbocycles. The summed E-state index contributed by atoms with van der Waals surface area (Å²) in [6.07, 6.45) is -1.67. The summed E-state index contributed by atoms with van der Waals surface area (Å²) in [5, 5.41) is 8.96. The van der Waals surface area contributed by atoms with Crippen molar-refractivity contribution in [2.24, 2.45) is 0 Å². The molecule has 2 aromatic rings. The first-order chi connectivity index (χ1) is 16.8. The number of aromatic nitrogens is 2. The van der Waals surface area contributed by atoms with Crippen LogP contribution in [-0.2, 0) is 28.5 Å². The van der Waals surface area contributed by atoms with E-state index in [4.69, 9.17) is 24.2 Å². The number of anilines is 1. The third-order valence-electron chi connectivity index (χ3n) is 5.56. The number of nitrogens with one attached hydrogen (secondary N) is 1. The minimum absolute atomic E-state index is 0.112. The zero-order valence-corrected chi connectivity index (χ0v) is 18.8. The molecule has 12 heteroatoms. The van der Waals surface area contributed by atoms with Crippen LogP contribution in [0.5, 0.6) is 0 Å². The van der Waals surface area contributed by atoms with Crippen LogP contribution in [0.25, 0.3) is 0 Å². The van der Waals surface area contributed by atoms with Crippen molar-refractivity contribution in [3.05, 3.63) is 70.3 Å². The molecule has 4 rings (SSSR count). The van der Waals surface area contributed by atoms with Gasteiger partial charge < -0.3 is 18.9 Å². The normalized spacial score (nSPS) is 24.6. The highest BCUT2D eigenvalue weighted by molar-refractivity contribution is 5.92. The Morgan fingerprint density at radius 3 is 2.34 bits per heavy atom. The number of benzene rings is 1. The van der Waals surface area contributed by atoms with E-state index < -0.39 is 48.1 Å². The van der Waals surface area contributed by atoms with Crippen molar-refractivity contribution in [3.63, 3.8) is 0 Å². The van der Waals surface area contributed by atoms with Gasteiger partial charge in [-0.25, -0.2) is 19.2 Å². The molecule has 1 aromatic heterocycles. The topological polar surface area (TPSA) is 155 Å². The van der Waals surface area contributed by atoms with Crippen LogP contribution in [0, 0.1) is 0 Å². The quantitative estimate of drug-likeness (QED) is 0.346. The second kappa shape index (κ2) is 10.1. The largest absolute Gasteiger partial charge is 0.459 e. The summed E-state index contributed by atoms with van der Waals surface area (Å²) < 4.78 is 23.0. The molecule has 0 aliphatic carbocycles. The molecule has 0 spiro atoms. The second-order valence-electron chi connectivity index (χ2n) is 8.19. The number of esters is 3. The summed E-state index contributed by atoms with van der Waals surface area (Å²) in [7, 11) is 0. The van der Waals surface area contributed by atoms with Gasteiger partial charge in [0, 0.05) is 18.3 Å². The van der Waals surface area contributed by atoms with Gasteiger partial charge in [-0.1, -0.05) is 26.0 Å². The highest BCUT2D eigenvalue weighted by Gasteiger charge is 2.51. The number of carbonyl (C=O) groups is 3. The predicted molar refractivity (Wildman–Crippen MR) is 118 cm³/mol. The van der Waals surface area contributed by atoms with Crippen molar-refractivity contribution in [2.75, 3.05) is 12.1 Å². The lowest BCUT2D eigenvalue weighted by Crippen LogP contribution is -2.43. The zero-order valence-electron chi connectivity index (χ0n) is 18.8. The van der Waals surface area contributed by atoms with E-state index in [-0.39, 0.29) is 12.4 Å². The Kier molecular flexibility index (Phi) is 6.94. The number of ether oxygens (including phenoxy) is 4. The molecule has 0 saturated carbocycles. The molecule has 2 unspecified atom stereocenters. The zero-order chi connectivity index (χ0) is 25.1. The predicted octanol–water partition coefficient (Wildman–Crippen LogP) is 1.32. The first kappa shape index (κ1) is 24.1. The van der Waals surface area contributed by atoms with Gasteiger partial charge in [-0.05, 0) is 29.7 Å². The summed E-state index contributed by atoms with van der Waals surface area (Å²) in [5.74, 6) is -2.12. The molecule has 35 heavy (non-hydrogen) atoms. The molecular weight excluding hydrogens is 462 g/mol. The number of hydrogen-bond donors (Lipinski definition) is 2. The molecule has 1 saturated heterocycles. The molecule has 2 aliphatic heterocycles. The van der Waals surface area contributed by atoms with E-state index >= 15 is 0 Å². The lowest BCUT2D eigenvalue weighted by molar-refractivity contribution is -0.164. The smallest absolute Gasteiger partial charge is 0.351 e. The van der Waals surface area contributed by atoms with Crippen molar-refractivity contribution < 1.29 is 38.5 Å². The Balaban J connectivity index is 1.57. The molecule has 0 amide bonds. The van der Waals surface area contributed by atoms with E-state index in [1.807, 2.05) is 26.0 Å². The third kappa shape index (κ3) is 5.23. The fourth-order valence-electron chi connectivity index (χ4n) is 3.73. The van der Waals surface area contributed by atoms with Crippen LogP contribution >= 0.6 is 0 Å². The summed E-state index contributed by atoms with van der Waals surface area (Å²) in [5.41, 5.74) is 2.29. The number of nitrogens with zero attached hydrogens (tertiary/aromatic N) is 2. The molecule has 0 radical (unpaired) electrons. The van der Waals surface area contributed by atoms with Gasteiger partial charge in [-0.2, -0.15) is 4.98 Å². The van der Waals surface area contributed by atoms with E-state index in [1.165, 1.54) is 12.3 Å². The second-order valence-corrected chi connectivity index (χ2v) is 8.19. The van der Waals surface area contributed by atoms with Crippen molar-refractivity contribution in [1.29, 1.82) is 0 Å². The molecule has 0 bridgehead atoms. The van der Waals surface area contributed by atoms with Gasteiger partial charge in [0.05, 0.1) is 5.56 Å². The van der Waals surface area contributed by atoms with Crippen LogP contribution < -0.4 is 11.2 Å². The van der Waals surface area contributed by atoms with E-state index in [9.17, 15) is 19.2 Å². The molecule has 12 nitrogen and oxygen atoms in total. The Labute approximate surface area is 199 Å². The minimum Gasteiger partial charge on any atom is -0.459 e. The average molecular weight is 485 g/mol. The van der Waals surface area contributed by atoms with Crippen LogP contribution in [0.4, 0.5) is 5.82 Å². The number of carbonyl (C=O) groups excluding carboxylic acids is 3. The Morgan fingerprint density at radius 1 is 1.09 bits per heavy atom. The lowest BCUT2D eigenvalue weighted by Gasteiger charge is -2.25. The van der Waals surface area contributed by atoms with Gasteiger partial charge in [0.15, 0.2) is 24.3 Å². The van der Waals surface area contributed by atoms with E-state index in [2.05, 4.69) is 4.98 Å². The van der Waals surface area contributed by atoms with Gasteiger partial charge in [-0.15, -0.1) is 0 Å². The molecular formula is C23H23N3O9. The van der Waals surface area contributed by atoms with Crippen LogP contribution in [-0.4, -0.2) is 57.6 Å². The SMILES string of the molecule is CC(C)c1ccc(C(=O)OCC2O[C@@H](n3ccc(NO)nc3=O)[C@H]3OC(=O)/C=C\C(=O)OC23)cc1. The van der Waals surface area contributed by atoms with Crippen molar-refractivity contribution in [1.82, 2.24) is 9.55 Å². The van der Waals surface area contributed by atoms with Crippen LogP contribution in [0.2, 0.25) is 0 Å². The van der Waals surface area contributed by atoms with Crippen LogP contribution in [0.3, 0.4) is 0 Å². The summed E-state index contributed by atoms with van der Waals surface area (Å²) in [4.78, 5) is 52.9. The summed E-state index contributed by atoms with van der Waals surface area (Å²) >= 11 is 0. The number of rotatable bonds is 6. The monoisotopic (exact) mass is 485 g/mol. The minimum atomic E-state index is -1.25. The van der Waals surface area contributed by atoms with Gasteiger partial charge in [0.1, 0.15) is 12.7 Å². The van der Waals surface area contributed by atoms with E-state index in [1.54, 1.807) is 17.6 Å². The number of fused-ring (bicyclic) bond motifs is 1. The molecule has 184 valence electrons. The molecule has 4 atom stereocenters. The van der Waals surface area contributed by atoms with Gasteiger partial charge in [0.2, 0.25) is 0 Å². The molecule has 2 N–H and O–H groups in total. The van der Waals surface area contributed by atoms with Crippen molar-refractivity contribution >= 4 is 23.7 Å². The molecule has 1 fully saturated rings. The fourth-order valence-corrected chi connectivity index (χ4v) is 3.73. The highest BCUT2D eigenvalue weighted by atomic mass is 16.7. The molecule has 3 heterocycles. The van der Waals surface area contributed by atoms with Gasteiger partial charge in [0.25, 0.3) is 0 Å². The third-order valence-corrected chi connectivity index (χ3v) is 5.56. The fraction of sp³-hybridized carbons (Fsp3) is 0.348. The first-order valence-corrected chi connectivity index (χ1v) is 10.8. The van der Waals surface area contributed by atoms with Crippen LogP contribution in [0.1, 0.15) is 41.9 Å². The summed E-state index contributed by atoms with van der Waals surface area (Å²) in [6, 6.07) is 8.22. The number of hydrogen-bond acceptors (Lipinski definition) is 11. The Bertz CT molecular complexity index is 1210. The van der Waals surface area contributed by atoms with Gasteiger partial charge >= 0.3 is 23.6 Å². The van der Waals surface area contributed by atoms with Crippen LogP contribution in [0.15, 0.2) is 53.5 Å². The first-order valence-electron chi connectivity index (χ1n) is 10.8.